The van der Waals surface area contributed by atoms with E-state index in [-0.39, 0.29) is 21.8 Å². The van der Waals surface area contributed by atoms with Crippen LogP contribution in [0, 0.1) is 5.82 Å². The molecule has 0 radical (unpaired) electrons. The molecule has 0 aliphatic rings. The summed E-state index contributed by atoms with van der Waals surface area (Å²) < 4.78 is 14.2. The number of carbonyl (C=O) groups is 2. The molecule has 4 nitrogen and oxygen atoms in total. The van der Waals surface area contributed by atoms with E-state index < -0.39 is 17.7 Å². The van der Waals surface area contributed by atoms with Gasteiger partial charge in [-0.05, 0) is 42.0 Å². The number of aromatic carboxylic acids is 1. The molecule has 0 saturated heterocycles. The van der Waals surface area contributed by atoms with Crippen LogP contribution >= 0.6 is 11.6 Å². The van der Waals surface area contributed by atoms with E-state index in [1.807, 2.05) is 0 Å². The van der Waals surface area contributed by atoms with Gasteiger partial charge >= 0.3 is 5.97 Å². The average Bonchev–Trinajstić information content (AvgIpc) is 2.62. The van der Waals surface area contributed by atoms with Gasteiger partial charge in [-0.15, -0.1) is 0 Å². The topological polar surface area (TPSA) is 66.4 Å². The molecule has 3 aromatic rings. The van der Waals surface area contributed by atoms with E-state index in [0.717, 1.165) is 0 Å². The Kier molecular flexibility index (Phi) is 5.00. The van der Waals surface area contributed by atoms with Crippen molar-refractivity contribution < 1.29 is 19.1 Å². The van der Waals surface area contributed by atoms with Crippen LogP contribution in [0.5, 0.6) is 0 Å². The maximum absolute atomic E-state index is 14.2. The van der Waals surface area contributed by atoms with Crippen molar-refractivity contribution in [3.63, 3.8) is 0 Å². The monoisotopic (exact) mass is 369 g/mol. The molecule has 0 aromatic heterocycles. The highest BCUT2D eigenvalue weighted by Crippen LogP contribution is 2.33. The summed E-state index contributed by atoms with van der Waals surface area (Å²) in [5, 5.41) is 12.1. The fourth-order valence-electron chi connectivity index (χ4n) is 2.55. The summed E-state index contributed by atoms with van der Waals surface area (Å²) in [6.45, 7) is 0. The van der Waals surface area contributed by atoms with Crippen LogP contribution in [0.3, 0.4) is 0 Å². The molecule has 1 amide bonds. The highest BCUT2D eigenvalue weighted by Gasteiger charge is 2.17. The first-order valence-corrected chi connectivity index (χ1v) is 8.03. The molecule has 2 N–H and O–H groups in total. The number of carboxylic acids is 1. The van der Waals surface area contributed by atoms with Gasteiger partial charge in [-0.1, -0.05) is 41.9 Å². The number of benzene rings is 3. The smallest absolute Gasteiger partial charge is 0.337 e. The second kappa shape index (κ2) is 7.37. The Morgan fingerprint density at radius 2 is 1.69 bits per heavy atom. The molecule has 130 valence electrons. The van der Waals surface area contributed by atoms with Crippen molar-refractivity contribution in [2.75, 3.05) is 5.32 Å². The fraction of sp³-hybridized carbons (Fsp3) is 0. The number of hydrogen-bond donors (Lipinski definition) is 2. The summed E-state index contributed by atoms with van der Waals surface area (Å²) in [4.78, 5) is 23.8. The van der Waals surface area contributed by atoms with Crippen LogP contribution in [-0.4, -0.2) is 17.0 Å². The van der Waals surface area contributed by atoms with Gasteiger partial charge < -0.3 is 10.4 Å². The Morgan fingerprint density at radius 1 is 0.962 bits per heavy atom. The summed E-state index contributed by atoms with van der Waals surface area (Å²) in [6, 6.07) is 16.8. The second-order valence-electron chi connectivity index (χ2n) is 5.48. The van der Waals surface area contributed by atoms with E-state index in [2.05, 4.69) is 5.32 Å². The van der Waals surface area contributed by atoms with Crippen molar-refractivity contribution in [1.82, 2.24) is 0 Å². The molecule has 3 aromatic carbocycles. The fourth-order valence-corrected chi connectivity index (χ4v) is 2.82. The molecule has 6 heteroatoms. The zero-order valence-electron chi connectivity index (χ0n) is 13.4. The second-order valence-corrected chi connectivity index (χ2v) is 5.89. The molecular formula is C20H13ClFNO3. The largest absolute Gasteiger partial charge is 0.478 e. The van der Waals surface area contributed by atoms with Crippen LogP contribution in [0.25, 0.3) is 11.1 Å². The summed E-state index contributed by atoms with van der Waals surface area (Å²) in [7, 11) is 0. The van der Waals surface area contributed by atoms with Gasteiger partial charge in [0.05, 0.1) is 16.3 Å². The number of rotatable bonds is 4. The molecule has 0 aliphatic heterocycles. The molecule has 0 heterocycles. The third-order valence-electron chi connectivity index (χ3n) is 3.79. The lowest BCUT2D eigenvalue weighted by Gasteiger charge is -2.12. The van der Waals surface area contributed by atoms with Crippen molar-refractivity contribution in [3.8, 4) is 11.1 Å². The third kappa shape index (κ3) is 3.58. The van der Waals surface area contributed by atoms with Gasteiger partial charge in [0.15, 0.2) is 0 Å². The van der Waals surface area contributed by atoms with E-state index >= 15 is 0 Å². The highest BCUT2D eigenvalue weighted by atomic mass is 35.5. The van der Waals surface area contributed by atoms with E-state index in [1.165, 1.54) is 36.4 Å². The molecule has 0 spiro atoms. The molecule has 0 saturated carbocycles. The number of amides is 1. The van der Waals surface area contributed by atoms with E-state index in [4.69, 9.17) is 11.6 Å². The van der Waals surface area contributed by atoms with Gasteiger partial charge in [0.2, 0.25) is 0 Å². The average molecular weight is 370 g/mol. The van der Waals surface area contributed by atoms with Crippen LogP contribution in [0.2, 0.25) is 5.02 Å². The van der Waals surface area contributed by atoms with Crippen LogP contribution in [0.4, 0.5) is 10.1 Å². The molecule has 0 fully saturated rings. The van der Waals surface area contributed by atoms with Crippen LogP contribution in [0.15, 0.2) is 66.7 Å². The van der Waals surface area contributed by atoms with Gasteiger partial charge in [-0.2, -0.15) is 0 Å². The van der Waals surface area contributed by atoms with Crippen molar-refractivity contribution in [1.29, 1.82) is 0 Å². The number of carbonyl (C=O) groups excluding carboxylic acids is 1. The molecule has 0 atom stereocenters. The van der Waals surface area contributed by atoms with Gasteiger partial charge in [0.1, 0.15) is 5.82 Å². The summed E-state index contributed by atoms with van der Waals surface area (Å²) >= 11 is 6.08. The minimum atomic E-state index is -1.21. The van der Waals surface area contributed by atoms with Crippen LogP contribution < -0.4 is 5.32 Å². The zero-order valence-corrected chi connectivity index (χ0v) is 14.1. The lowest BCUT2D eigenvalue weighted by molar-refractivity contribution is 0.0698. The lowest BCUT2D eigenvalue weighted by Crippen LogP contribution is -2.14. The first-order valence-electron chi connectivity index (χ1n) is 7.65. The van der Waals surface area contributed by atoms with Crippen LogP contribution in [-0.2, 0) is 0 Å². The maximum atomic E-state index is 14.2. The summed E-state index contributed by atoms with van der Waals surface area (Å²) in [5.41, 5.74) is 0.828. The zero-order chi connectivity index (χ0) is 18.7. The molecule has 0 bridgehead atoms. The Morgan fingerprint density at radius 3 is 2.35 bits per heavy atom. The van der Waals surface area contributed by atoms with Crippen molar-refractivity contribution in [2.24, 2.45) is 0 Å². The predicted octanol–water partition coefficient (Wildman–Crippen LogP) is 5.10. The van der Waals surface area contributed by atoms with Crippen molar-refractivity contribution in [3.05, 3.63) is 88.7 Å². The Hall–Kier alpha value is -3.18. The van der Waals surface area contributed by atoms with E-state index in [1.54, 1.807) is 30.3 Å². The maximum Gasteiger partial charge on any atom is 0.337 e. The Labute approximate surface area is 153 Å². The number of carboxylic acid groups (broad SMARTS) is 1. The standard InChI is InChI=1S/C20H13ClFNO3/c21-15-7-4-8-16(22)18(15)13-9-10-14(20(25)26)17(11-13)23-19(24)12-5-2-1-3-6-12/h1-11H,(H,23,24)(H,25,26). The quantitative estimate of drug-likeness (QED) is 0.672. The first-order chi connectivity index (χ1) is 12.5. The molecule has 26 heavy (non-hydrogen) atoms. The van der Waals surface area contributed by atoms with E-state index in [9.17, 15) is 19.1 Å². The lowest BCUT2D eigenvalue weighted by atomic mass is 10.0. The number of halogens is 2. The van der Waals surface area contributed by atoms with Gasteiger partial charge in [-0.25, -0.2) is 9.18 Å². The molecule has 0 aliphatic carbocycles. The van der Waals surface area contributed by atoms with Crippen LogP contribution in [0.1, 0.15) is 20.7 Å². The van der Waals surface area contributed by atoms with Crippen molar-refractivity contribution >= 4 is 29.2 Å². The predicted molar refractivity (Wildman–Crippen MR) is 98.2 cm³/mol. The summed E-state index contributed by atoms with van der Waals surface area (Å²) in [6.07, 6.45) is 0. The SMILES string of the molecule is O=C(Nc1cc(-c2c(F)cccc2Cl)ccc1C(=O)O)c1ccccc1. The third-order valence-corrected chi connectivity index (χ3v) is 4.10. The minimum Gasteiger partial charge on any atom is -0.478 e. The number of anilines is 1. The summed E-state index contributed by atoms with van der Waals surface area (Å²) in [5.74, 6) is -2.22. The number of hydrogen-bond acceptors (Lipinski definition) is 2. The highest BCUT2D eigenvalue weighted by molar-refractivity contribution is 6.33. The number of nitrogens with one attached hydrogen (secondary N) is 1. The van der Waals surface area contributed by atoms with Crippen molar-refractivity contribution in [2.45, 2.75) is 0 Å². The molecule has 3 rings (SSSR count). The van der Waals surface area contributed by atoms with Gasteiger partial charge in [-0.3, -0.25) is 4.79 Å². The van der Waals surface area contributed by atoms with E-state index in [0.29, 0.717) is 11.1 Å². The van der Waals surface area contributed by atoms with Gasteiger partial charge in [0.25, 0.3) is 5.91 Å². The minimum absolute atomic E-state index is 0.0585. The first kappa shape index (κ1) is 17.6. The molecular weight excluding hydrogens is 357 g/mol. The Bertz CT molecular complexity index is 969. The normalized spacial score (nSPS) is 10.4. The van der Waals surface area contributed by atoms with Gasteiger partial charge in [0, 0.05) is 11.1 Å². The Balaban J connectivity index is 2.05. The molecule has 0 unspecified atom stereocenters.